The van der Waals surface area contributed by atoms with Crippen LogP contribution in [0.25, 0.3) is 10.2 Å². The molecule has 0 radical (unpaired) electrons. The van der Waals surface area contributed by atoms with E-state index in [9.17, 15) is 9.18 Å². The Hall–Kier alpha value is -1.64. The molecule has 1 amide bonds. The number of fused-ring (bicyclic) bond motifs is 1. The second-order valence-electron chi connectivity index (χ2n) is 6.65. The first kappa shape index (κ1) is 24.6. The lowest BCUT2D eigenvalue weighted by Gasteiger charge is -2.21. The molecule has 10 heteroatoms. The van der Waals surface area contributed by atoms with Crippen molar-refractivity contribution in [3.8, 4) is 5.75 Å². The number of amides is 1. The fourth-order valence-corrected chi connectivity index (χ4v) is 4.19. The molecule has 0 spiro atoms. The molecule has 0 N–H and O–H groups in total. The molecule has 0 atom stereocenters. The topological polar surface area (TPSA) is 45.7 Å². The highest BCUT2D eigenvalue weighted by atomic mass is 35.5. The van der Waals surface area contributed by atoms with Gasteiger partial charge in [-0.2, -0.15) is 0 Å². The minimum atomic E-state index is -0.408. The number of hydrogen-bond donors (Lipinski definition) is 0. The maximum atomic E-state index is 14.1. The van der Waals surface area contributed by atoms with Gasteiger partial charge in [0.25, 0.3) is 5.91 Å². The van der Waals surface area contributed by atoms with E-state index in [2.05, 4.69) is 4.98 Å². The number of rotatable bonds is 8. The molecule has 1 heterocycles. The number of thiazole rings is 1. The van der Waals surface area contributed by atoms with Gasteiger partial charge in [-0.3, -0.25) is 9.69 Å². The van der Waals surface area contributed by atoms with E-state index < -0.39 is 5.82 Å². The number of anilines is 1. The molecule has 5 nitrogen and oxygen atoms in total. The zero-order valence-electron chi connectivity index (χ0n) is 16.4. The quantitative estimate of drug-likeness (QED) is 0.415. The van der Waals surface area contributed by atoms with Crippen molar-refractivity contribution in [3.05, 3.63) is 52.3 Å². The van der Waals surface area contributed by atoms with Crippen molar-refractivity contribution >= 4 is 68.2 Å². The van der Waals surface area contributed by atoms with Crippen LogP contribution in [-0.4, -0.2) is 49.6 Å². The van der Waals surface area contributed by atoms with Crippen LogP contribution in [0.1, 0.15) is 6.42 Å². The van der Waals surface area contributed by atoms with E-state index in [4.69, 9.17) is 27.9 Å². The second-order valence-corrected chi connectivity index (χ2v) is 8.50. The molecule has 0 aliphatic rings. The number of halogens is 4. The highest BCUT2D eigenvalue weighted by Crippen LogP contribution is 2.31. The van der Waals surface area contributed by atoms with Gasteiger partial charge in [-0.25, -0.2) is 9.37 Å². The smallest absolute Gasteiger partial charge is 0.266 e. The number of hydrogen-bond acceptors (Lipinski definition) is 5. The van der Waals surface area contributed by atoms with E-state index in [-0.39, 0.29) is 30.4 Å². The molecule has 0 saturated carbocycles. The van der Waals surface area contributed by atoms with Crippen LogP contribution in [0.5, 0.6) is 5.75 Å². The second kappa shape index (κ2) is 11.1. The average molecular weight is 493 g/mol. The van der Waals surface area contributed by atoms with Crippen molar-refractivity contribution < 1.29 is 13.9 Å². The lowest BCUT2D eigenvalue weighted by molar-refractivity contribution is -0.120. The summed E-state index contributed by atoms with van der Waals surface area (Å²) < 4.78 is 20.3. The molecule has 3 rings (SSSR count). The van der Waals surface area contributed by atoms with E-state index >= 15 is 0 Å². The van der Waals surface area contributed by atoms with E-state index in [1.807, 2.05) is 19.0 Å². The highest BCUT2D eigenvalue weighted by Gasteiger charge is 2.21. The van der Waals surface area contributed by atoms with E-state index in [0.29, 0.717) is 32.2 Å². The molecule has 30 heavy (non-hydrogen) atoms. The van der Waals surface area contributed by atoms with Crippen molar-refractivity contribution in [2.45, 2.75) is 6.42 Å². The predicted octanol–water partition coefficient (Wildman–Crippen LogP) is 5.53. The van der Waals surface area contributed by atoms with Crippen molar-refractivity contribution in [2.75, 3.05) is 38.7 Å². The first-order valence-corrected chi connectivity index (χ1v) is 10.5. The van der Waals surface area contributed by atoms with Gasteiger partial charge in [0.05, 0.1) is 9.72 Å². The van der Waals surface area contributed by atoms with E-state index in [1.165, 1.54) is 22.3 Å². The third kappa shape index (κ3) is 6.18. The predicted molar refractivity (Wildman–Crippen MR) is 124 cm³/mol. The van der Waals surface area contributed by atoms with Crippen molar-refractivity contribution in [2.24, 2.45) is 0 Å². The summed E-state index contributed by atoms with van der Waals surface area (Å²) in [5.74, 6) is -0.322. The summed E-state index contributed by atoms with van der Waals surface area (Å²) in [4.78, 5) is 20.8. The van der Waals surface area contributed by atoms with Crippen molar-refractivity contribution in [3.63, 3.8) is 0 Å². The number of nitrogens with zero attached hydrogens (tertiary/aromatic N) is 3. The van der Waals surface area contributed by atoms with Crippen LogP contribution in [0.2, 0.25) is 10.0 Å². The standard InChI is InChI=1S/C20H20Cl2FN3O2S.ClH/c1-25(2)9-4-10-26(20-24-19-15(23)5-3-6-17(19)29-20)18(27)12-28-16-8-7-13(21)11-14(16)22;/h3,5-8,11H,4,9-10,12H2,1-2H3;1H. The number of ether oxygens (including phenoxy) is 1. The molecule has 0 bridgehead atoms. The normalized spacial score (nSPS) is 10.9. The maximum Gasteiger partial charge on any atom is 0.266 e. The summed E-state index contributed by atoms with van der Waals surface area (Å²) in [6.45, 7) is 1.02. The van der Waals surface area contributed by atoms with Gasteiger partial charge < -0.3 is 9.64 Å². The van der Waals surface area contributed by atoms with Crippen LogP contribution in [0.4, 0.5) is 9.52 Å². The van der Waals surface area contributed by atoms with Crippen LogP contribution in [0.3, 0.4) is 0 Å². The molecule has 0 fully saturated rings. The molecule has 2 aromatic carbocycles. The zero-order valence-corrected chi connectivity index (χ0v) is 19.5. The Morgan fingerprint density at radius 1 is 1.20 bits per heavy atom. The fourth-order valence-electron chi connectivity index (χ4n) is 2.70. The molecule has 0 aliphatic heterocycles. The Labute approximate surface area is 194 Å². The molecule has 0 saturated heterocycles. The first-order chi connectivity index (χ1) is 13.8. The Bertz CT molecular complexity index is 1020. The van der Waals surface area contributed by atoms with Gasteiger partial charge in [0.15, 0.2) is 11.7 Å². The van der Waals surface area contributed by atoms with Gasteiger partial charge in [0, 0.05) is 11.6 Å². The zero-order chi connectivity index (χ0) is 21.0. The van der Waals surface area contributed by atoms with Crippen LogP contribution >= 0.6 is 46.9 Å². The van der Waals surface area contributed by atoms with Crippen LogP contribution in [0.15, 0.2) is 36.4 Å². The maximum absolute atomic E-state index is 14.1. The number of carbonyl (C=O) groups excluding carboxylic acids is 1. The molecule has 0 unspecified atom stereocenters. The lowest BCUT2D eigenvalue weighted by atomic mass is 10.3. The number of aromatic nitrogens is 1. The first-order valence-electron chi connectivity index (χ1n) is 8.93. The largest absolute Gasteiger partial charge is 0.482 e. The fraction of sp³-hybridized carbons (Fsp3) is 0.300. The summed E-state index contributed by atoms with van der Waals surface area (Å²) >= 11 is 13.3. The molecular weight excluding hydrogens is 472 g/mol. The Morgan fingerprint density at radius 3 is 2.63 bits per heavy atom. The molecule has 1 aromatic heterocycles. The minimum absolute atomic E-state index is 0. The van der Waals surface area contributed by atoms with E-state index in [0.717, 1.165) is 13.0 Å². The molecular formula is C20H21Cl3FN3O2S. The summed E-state index contributed by atoms with van der Waals surface area (Å²) in [6, 6.07) is 9.57. The van der Waals surface area contributed by atoms with Crippen LogP contribution in [-0.2, 0) is 4.79 Å². The number of para-hydroxylation sites is 1. The summed E-state index contributed by atoms with van der Waals surface area (Å²) in [7, 11) is 3.93. The minimum Gasteiger partial charge on any atom is -0.482 e. The number of carbonyl (C=O) groups is 1. The van der Waals surface area contributed by atoms with Gasteiger partial charge >= 0.3 is 0 Å². The average Bonchev–Trinajstić information content (AvgIpc) is 3.09. The summed E-state index contributed by atoms with van der Waals surface area (Å²) in [6.07, 6.45) is 0.735. The van der Waals surface area contributed by atoms with Gasteiger partial charge in [-0.1, -0.05) is 40.6 Å². The Balaban J connectivity index is 0.00000320. The number of benzene rings is 2. The lowest BCUT2D eigenvalue weighted by Crippen LogP contribution is -2.36. The molecule has 0 aliphatic carbocycles. The van der Waals surface area contributed by atoms with Crippen LogP contribution in [0, 0.1) is 5.82 Å². The molecule has 3 aromatic rings. The monoisotopic (exact) mass is 491 g/mol. The summed E-state index contributed by atoms with van der Waals surface area (Å²) in [5.41, 5.74) is 0.263. The van der Waals surface area contributed by atoms with E-state index in [1.54, 1.807) is 30.3 Å². The summed E-state index contributed by atoms with van der Waals surface area (Å²) in [5, 5.41) is 1.25. The Kier molecular flexibility index (Phi) is 9.12. The Morgan fingerprint density at radius 2 is 1.97 bits per heavy atom. The van der Waals surface area contributed by atoms with Gasteiger partial charge in [0.2, 0.25) is 0 Å². The third-order valence-electron chi connectivity index (χ3n) is 4.12. The SMILES string of the molecule is CN(C)CCCN(C(=O)COc1ccc(Cl)cc1Cl)c1nc2c(F)cccc2s1.Cl. The van der Waals surface area contributed by atoms with Gasteiger partial charge in [0.1, 0.15) is 17.1 Å². The highest BCUT2D eigenvalue weighted by molar-refractivity contribution is 7.22. The molecule has 162 valence electrons. The third-order valence-corrected chi connectivity index (χ3v) is 5.70. The van der Waals surface area contributed by atoms with Gasteiger partial charge in [-0.05, 0) is 57.4 Å². The van der Waals surface area contributed by atoms with Crippen molar-refractivity contribution in [1.29, 1.82) is 0 Å². The van der Waals surface area contributed by atoms with Crippen LogP contribution < -0.4 is 9.64 Å². The van der Waals surface area contributed by atoms with Crippen molar-refractivity contribution in [1.82, 2.24) is 9.88 Å². The van der Waals surface area contributed by atoms with Gasteiger partial charge in [-0.15, -0.1) is 12.4 Å².